The van der Waals surface area contributed by atoms with Crippen molar-refractivity contribution in [3.8, 4) is 11.5 Å². The normalized spacial score (nSPS) is 11.5. The van der Waals surface area contributed by atoms with E-state index in [1.807, 2.05) is 0 Å². The largest absolute Gasteiger partial charge is 0.545 e. The van der Waals surface area contributed by atoms with E-state index >= 15 is 0 Å². The highest BCUT2D eigenvalue weighted by Gasteiger charge is 2.31. The molecule has 11 heteroatoms. The molecule has 2 rings (SSSR count). The number of carbonyl (C=O) groups is 1. The number of methoxy groups -OCH3 is 2. The molecule has 1 aromatic heterocycles. The Morgan fingerprint density at radius 3 is 2.56 bits per heavy atom. The third-order valence-corrected chi connectivity index (χ3v) is 3.61. The van der Waals surface area contributed by atoms with E-state index in [0.717, 1.165) is 6.21 Å². The summed E-state index contributed by atoms with van der Waals surface area (Å²) in [6.07, 6.45) is -2.89. The summed E-state index contributed by atoms with van der Waals surface area (Å²) in [5, 5.41) is 14.9. The number of halogens is 4. The van der Waals surface area contributed by atoms with Crippen LogP contribution in [-0.2, 0) is 6.18 Å². The number of aromatic carboxylic acids is 1. The molecule has 0 radical (unpaired) electrons. The zero-order valence-corrected chi connectivity index (χ0v) is 14.7. The number of benzene rings is 1. The first-order valence-electron chi connectivity index (χ1n) is 7.17. The van der Waals surface area contributed by atoms with Gasteiger partial charge in [0.1, 0.15) is 0 Å². The molecule has 144 valence electrons. The molecule has 0 bridgehead atoms. The second kappa shape index (κ2) is 8.12. The van der Waals surface area contributed by atoms with E-state index in [-0.39, 0.29) is 33.5 Å². The smallest absolute Gasteiger partial charge is 0.417 e. The number of carboxylic acid groups (broad SMARTS) is 1. The standard InChI is InChI=1S/C16H13ClF3N3O4/c1-26-11-4-3-8(12(15(24)25)13(11)27-2)6-22-23-14-10(17)5-9(7-21-14)16(18,19)20/h3-7H,1-2H3,(H,21,23)(H,24,25)/p-1/b22-6-. The molecule has 0 spiro atoms. The second-order valence-corrected chi connectivity index (χ2v) is 5.38. The summed E-state index contributed by atoms with van der Waals surface area (Å²) in [7, 11) is 2.60. The average molecular weight is 403 g/mol. The maximum Gasteiger partial charge on any atom is 0.417 e. The van der Waals surface area contributed by atoms with Gasteiger partial charge in [-0.3, -0.25) is 5.43 Å². The summed E-state index contributed by atoms with van der Waals surface area (Å²) in [4.78, 5) is 15.0. The lowest BCUT2D eigenvalue weighted by atomic mass is 10.1. The van der Waals surface area contributed by atoms with Crippen LogP contribution in [0.4, 0.5) is 19.0 Å². The maximum absolute atomic E-state index is 12.6. The zero-order chi connectivity index (χ0) is 20.2. The molecule has 0 atom stereocenters. The van der Waals surface area contributed by atoms with Crippen LogP contribution in [0.1, 0.15) is 21.5 Å². The van der Waals surface area contributed by atoms with Gasteiger partial charge in [0.25, 0.3) is 0 Å². The van der Waals surface area contributed by atoms with Gasteiger partial charge < -0.3 is 19.4 Å². The summed E-state index contributed by atoms with van der Waals surface area (Å²) in [6.45, 7) is 0. The minimum Gasteiger partial charge on any atom is -0.545 e. The van der Waals surface area contributed by atoms with E-state index in [9.17, 15) is 23.1 Å². The first kappa shape index (κ1) is 20.3. The topological polar surface area (TPSA) is 95.9 Å². The van der Waals surface area contributed by atoms with Gasteiger partial charge in [0.05, 0.1) is 42.6 Å². The average Bonchev–Trinajstić information content (AvgIpc) is 2.61. The molecule has 1 N–H and O–H groups in total. The lowest BCUT2D eigenvalue weighted by Crippen LogP contribution is -2.25. The van der Waals surface area contributed by atoms with Crippen LogP contribution >= 0.6 is 11.6 Å². The number of ether oxygens (including phenoxy) is 2. The van der Waals surface area contributed by atoms with Gasteiger partial charge in [-0.05, 0) is 18.2 Å². The molecule has 0 saturated heterocycles. The number of carbonyl (C=O) groups excluding carboxylic acids is 1. The summed E-state index contributed by atoms with van der Waals surface area (Å²) >= 11 is 5.75. The number of pyridine rings is 1. The predicted octanol–water partition coefficient (Wildman–Crippen LogP) is 2.58. The molecule has 0 amide bonds. The van der Waals surface area contributed by atoms with Gasteiger partial charge in [-0.2, -0.15) is 18.3 Å². The molecule has 7 nitrogen and oxygen atoms in total. The highest BCUT2D eigenvalue weighted by atomic mass is 35.5. The molecule has 0 aliphatic heterocycles. The quantitative estimate of drug-likeness (QED) is 0.589. The Kier molecular flexibility index (Phi) is 6.11. The van der Waals surface area contributed by atoms with E-state index in [0.29, 0.717) is 12.3 Å². The molecule has 0 saturated carbocycles. The van der Waals surface area contributed by atoms with Crippen LogP contribution in [0.25, 0.3) is 0 Å². The minimum atomic E-state index is -4.58. The van der Waals surface area contributed by atoms with Crippen LogP contribution in [0.3, 0.4) is 0 Å². The fourth-order valence-electron chi connectivity index (χ4n) is 2.10. The second-order valence-electron chi connectivity index (χ2n) is 4.97. The van der Waals surface area contributed by atoms with E-state index in [2.05, 4.69) is 15.5 Å². The molecule has 27 heavy (non-hydrogen) atoms. The monoisotopic (exact) mass is 402 g/mol. The van der Waals surface area contributed by atoms with Gasteiger partial charge in [-0.15, -0.1) is 0 Å². The van der Waals surface area contributed by atoms with Crippen molar-refractivity contribution in [2.45, 2.75) is 6.18 Å². The first-order chi connectivity index (χ1) is 12.7. The number of nitrogens with zero attached hydrogens (tertiary/aromatic N) is 2. The van der Waals surface area contributed by atoms with Gasteiger partial charge in [-0.1, -0.05) is 11.6 Å². The fourth-order valence-corrected chi connectivity index (χ4v) is 2.31. The highest BCUT2D eigenvalue weighted by molar-refractivity contribution is 6.33. The summed E-state index contributed by atoms with van der Waals surface area (Å²) < 4.78 is 47.8. The van der Waals surface area contributed by atoms with Crippen LogP contribution in [-0.4, -0.2) is 31.4 Å². The number of aromatic nitrogens is 1. The fraction of sp³-hybridized carbons (Fsp3) is 0.188. The Morgan fingerprint density at radius 1 is 1.33 bits per heavy atom. The SMILES string of the molecule is COc1ccc(/C=N\Nc2ncc(C(F)(F)F)cc2Cl)c(C(=O)[O-])c1OC. The maximum atomic E-state index is 12.6. The van der Waals surface area contributed by atoms with Crippen molar-refractivity contribution in [3.63, 3.8) is 0 Å². The summed E-state index contributed by atoms with van der Waals surface area (Å²) in [5.74, 6) is -1.56. The van der Waals surface area contributed by atoms with Crippen LogP contribution < -0.4 is 20.0 Å². The molecule has 0 fully saturated rings. The molecule has 1 heterocycles. The Balaban J connectivity index is 2.30. The number of alkyl halides is 3. The molecule has 0 aliphatic rings. The molecule has 1 aromatic carbocycles. The van der Waals surface area contributed by atoms with E-state index in [1.165, 1.54) is 26.4 Å². The summed E-state index contributed by atoms with van der Waals surface area (Å²) in [5.41, 5.74) is 1.12. The third-order valence-electron chi connectivity index (χ3n) is 3.32. The van der Waals surface area contributed by atoms with Crippen molar-refractivity contribution in [1.29, 1.82) is 0 Å². The van der Waals surface area contributed by atoms with Crippen LogP contribution in [0.2, 0.25) is 5.02 Å². The van der Waals surface area contributed by atoms with Gasteiger partial charge in [0.2, 0.25) is 0 Å². The van der Waals surface area contributed by atoms with Gasteiger partial charge in [0.15, 0.2) is 17.3 Å². The number of rotatable bonds is 6. The number of nitrogens with one attached hydrogen (secondary N) is 1. The number of hydrogen-bond acceptors (Lipinski definition) is 7. The molecule has 0 unspecified atom stereocenters. The van der Waals surface area contributed by atoms with Crippen molar-refractivity contribution in [3.05, 3.63) is 46.1 Å². The number of hydrogen-bond donors (Lipinski definition) is 1. The van der Waals surface area contributed by atoms with E-state index in [1.54, 1.807) is 0 Å². The zero-order valence-electron chi connectivity index (χ0n) is 13.9. The van der Waals surface area contributed by atoms with Crippen molar-refractivity contribution in [2.75, 3.05) is 19.6 Å². The molecule has 0 aliphatic carbocycles. The van der Waals surface area contributed by atoms with Gasteiger partial charge in [0, 0.05) is 11.8 Å². The Hall–Kier alpha value is -3.01. The third kappa shape index (κ3) is 4.59. The number of anilines is 1. The lowest BCUT2D eigenvalue weighted by Gasteiger charge is -2.15. The van der Waals surface area contributed by atoms with Gasteiger partial charge in [-0.25, -0.2) is 4.98 Å². The summed E-state index contributed by atoms with van der Waals surface area (Å²) in [6, 6.07) is 3.53. The predicted molar refractivity (Wildman–Crippen MR) is 89.3 cm³/mol. The van der Waals surface area contributed by atoms with Crippen LogP contribution in [0.15, 0.2) is 29.5 Å². The van der Waals surface area contributed by atoms with Crippen LogP contribution in [0.5, 0.6) is 11.5 Å². The number of hydrazone groups is 1. The van der Waals surface area contributed by atoms with E-state index < -0.39 is 17.7 Å². The Bertz CT molecular complexity index is 888. The molecular formula is C16H12ClF3N3O4-. The van der Waals surface area contributed by atoms with Gasteiger partial charge >= 0.3 is 6.18 Å². The highest BCUT2D eigenvalue weighted by Crippen LogP contribution is 2.33. The van der Waals surface area contributed by atoms with Crippen molar-refractivity contribution < 1.29 is 32.5 Å². The van der Waals surface area contributed by atoms with Crippen LogP contribution in [0, 0.1) is 0 Å². The van der Waals surface area contributed by atoms with Crippen molar-refractivity contribution >= 4 is 29.6 Å². The Morgan fingerprint density at radius 2 is 2.04 bits per heavy atom. The Labute approximate surface area is 156 Å². The first-order valence-corrected chi connectivity index (χ1v) is 7.55. The molecular weight excluding hydrogens is 391 g/mol. The molecule has 2 aromatic rings. The lowest BCUT2D eigenvalue weighted by molar-refractivity contribution is -0.255. The number of carboxylic acids is 1. The van der Waals surface area contributed by atoms with E-state index in [4.69, 9.17) is 21.1 Å². The minimum absolute atomic E-state index is 0.0628. The van der Waals surface area contributed by atoms with Crippen molar-refractivity contribution in [1.82, 2.24) is 4.98 Å². The van der Waals surface area contributed by atoms with Crippen molar-refractivity contribution in [2.24, 2.45) is 5.10 Å².